The minimum absolute atomic E-state index is 0.0614. The van der Waals surface area contributed by atoms with Crippen LogP contribution in [0.3, 0.4) is 0 Å². The molecule has 0 spiro atoms. The zero-order valence-corrected chi connectivity index (χ0v) is 16.4. The van der Waals surface area contributed by atoms with E-state index in [1.165, 1.54) is 6.07 Å². The lowest BCUT2D eigenvalue weighted by Gasteiger charge is -2.08. The van der Waals surface area contributed by atoms with Gasteiger partial charge in [0.15, 0.2) is 11.6 Å². The van der Waals surface area contributed by atoms with Crippen molar-refractivity contribution in [3.8, 4) is 5.75 Å². The van der Waals surface area contributed by atoms with Crippen LogP contribution in [0.25, 0.3) is 10.9 Å². The molecule has 0 radical (unpaired) electrons. The van der Waals surface area contributed by atoms with Gasteiger partial charge in [-0.1, -0.05) is 12.1 Å². The summed E-state index contributed by atoms with van der Waals surface area (Å²) < 4.78 is 28.5. The predicted molar refractivity (Wildman–Crippen MR) is 109 cm³/mol. The van der Waals surface area contributed by atoms with Crippen LogP contribution in [0, 0.1) is 18.6 Å². The standard InChI is InChI=1S/C22H18F2N2O2S/c1-13-21(22(28)25-11-14-4-6-18(23)19(24)9-14)17-10-15(27)5-7-20(17)26(13)12-16-3-2-8-29-16/h2-10,27H,11-12H2,1H3,(H,25,28). The second-order valence-electron chi connectivity index (χ2n) is 6.76. The molecule has 29 heavy (non-hydrogen) atoms. The summed E-state index contributed by atoms with van der Waals surface area (Å²) >= 11 is 1.63. The SMILES string of the molecule is Cc1c(C(=O)NCc2ccc(F)c(F)c2)c2cc(O)ccc2n1Cc1cccs1. The Balaban J connectivity index is 1.68. The summed E-state index contributed by atoms with van der Waals surface area (Å²) in [4.78, 5) is 14.1. The van der Waals surface area contributed by atoms with Crippen LogP contribution >= 0.6 is 11.3 Å². The van der Waals surface area contributed by atoms with Crippen molar-refractivity contribution in [3.05, 3.63) is 87.2 Å². The van der Waals surface area contributed by atoms with Crippen molar-refractivity contribution in [3.63, 3.8) is 0 Å². The van der Waals surface area contributed by atoms with E-state index >= 15 is 0 Å². The molecule has 0 aliphatic carbocycles. The molecule has 2 aromatic carbocycles. The highest BCUT2D eigenvalue weighted by atomic mass is 32.1. The first kappa shape index (κ1) is 19.1. The molecule has 4 nitrogen and oxygen atoms in total. The van der Waals surface area contributed by atoms with Gasteiger partial charge >= 0.3 is 0 Å². The normalized spacial score (nSPS) is 11.1. The first-order valence-corrected chi connectivity index (χ1v) is 9.88. The first-order valence-electron chi connectivity index (χ1n) is 9.00. The number of phenols is 1. The van der Waals surface area contributed by atoms with Crippen LogP contribution in [-0.4, -0.2) is 15.6 Å². The predicted octanol–water partition coefficient (Wildman–Crippen LogP) is 4.97. The number of nitrogens with zero attached hydrogens (tertiary/aromatic N) is 1. The van der Waals surface area contributed by atoms with Gasteiger partial charge in [0.25, 0.3) is 5.91 Å². The maximum Gasteiger partial charge on any atom is 0.254 e. The fourth-order valence-corrected chi connectivity index (χ4v) is 4.13. The van der Waals surface area contributed by atoms with E-state index in [9.17, 15) is 18.7 Å². The van der Waals surface area contributed by atoms with Gasteiger partial charge in [-0.25, -0.2) is 8.78 Å². The van der Waals surface area contributed by atoms with Crippen LogP contribution in [0.1, 0.15) is 26.5 Å². The average molecular weight is 412 g/mol. The Labute approximate surface area is 170 Å². The van der Waals surface area contributed by atoms with Crippen molar-refractivity contribution in [1.82, 2.24) is 9.88 Å². The lowest BCUT2D eigenvalue weighted by Crippen LogP contribution is -2.23. The Morgan fingerprint density at radius 1 is 1.14 bits per heavy atom. The van der Waals surface area contributed by atoms with Gasteiger partial charge in [0.05, 0.1) is 12.1 Å². The Morgan fingerprint density at radius 2 is 1.97 bits per heavy atom. The molecule has 0 saturated carbocycles. The zero-order valence-electron chi connectivity index (χ0n) is 15.6. The number of rotatable bonds is 5. The molecule has 0 aliphatic rings. The second-order valence-corrected chi connectivity index (χ2v) is 7.79. The van der Waals surface area contributed by atoms with Crippen molar-refractivity contribution >= 4 is 28.1 Å². The molecule has 0 bridgehead atoms. The van der Waals surface area contributed by atoms with Gasteiger partial charge in [-0.2, -0.15) is 0 Å². The van der Waals surface area contributed by atoms with E-state index in [1.54, 1.807) is 29.5 Å². The van der Waals surface area contributed by atoms with Gasteiger partial charge in [0.1, 0.15) is 5.75 Å². The van der Waals surface area contributed by atoms with Gasteiger partial charge in [-0.15, -0.1) is 11.3 Å². The number of aromatic hydroxyl groups is 1. The van der Waals surface area contributed by atoms with Gasteiger partial charge in [0, 0.05) is 28.0 Å². The summed E-state index contributed by atoms with van der Waals surface area (Å²) in [5.41, 5.74) is 2.52. The number of benzene rings is 2. The highest BCUT2D eigenvalue weighted by Gasteiger charge is 2.21. The molecule has 0 aliphatic heterocycles. The maximum atomic E-state index is 13.4. The minimum atomic E-state index is -0.953. The largest absolute Gasteiger partial charge is 0.508 e. The van der Waals surface area contributed by atoms with Crippen molar-refractivity contribution in [2.45, 2.75) is 20.0 Å². The summed E-state index contributed by atoms with van der Waals surface area (Å²) in [5.74, 6) is -2.15. The van der Waals surface area contributed by atoms with Gasteiger partial charge < -0.3 is 15.0 Å². The van der Waals surface area contributed by atoms with Crippen LogP contribution < -0.4 is 5.32 Å². The molecule has 2 heterocycles. The number of phenolic OH excluding ortho intramolecular Hbond substituents is 1. The molecule has 1 amide bonds. The minimum Gasteiger partial charge on any atom is -0.508 e. The molecule has 2 N–H and O–H groups in total. The van der Waals surface area contributed by atoms with Gasteiger partial charge in [-0.05, 0) is 54.3 Å². The molecule has 0 unspecified atom stereocenters. The van der Waals surface area contributed by atoms with E-state index in [-0.39, 0.29) is 18.2 Å². The van der Waals surface area contributed by atoms with Gasteiger partial charge in [0.2, 0.25) is 0 Å². The number of fused-ring (bicyclic) bond motifs is 1. The molecule has 0 fully saturated rings. The van der Waals surface area contributed by atoms with Crippen LogP contribution in [0.15, 0.2) is 53.9 Å². The molecular formula is C22H18F2N2O2S. The number of halogens is 2. The second kappa shape index (κ2) is 7.67. The highest BCUT2D eigenvalue weighted by molar-refractivity contribution is 7.09. The Hall–Kier alpha value is -3.19. The van der Waals surface area contributed by atoms with Crippen LogP contribution in [0.5, 0.6) is 5.75 Å². The smallest absolute Gasteiger partial charge is 0.254 e. The third kappa shape index (κ3) is 3.73. The molecule has 7 heteroatoms. The number of amides is 1. The van der Waals surface area contributed by atoms with Crippen molar-refractivity contribution in [2.75, 3.05) is 0 Å². The number of nitrogens with one attached hydrogen (secondary N) is 1. The topological polar surface area (TPSA) is 54.3 Å². The molecule has 148 valence electrons. The van der Waals surface area contributed by atoms with Crippen LogP contribution in [0.2, 0.25) is 0 Å². The number of carbonyl (C=O) groups is 1. The number of thiophene rings is 1. The van der Waals surface area contributed by atoms with Gasteiger partial charge in [-0.3, -0.25) is 4.79 Å². The zero-order chi connectivity index (χ0) is 20.5. The van der Waals surface area contributed by atoms with E-state index in [0.29, 0.717) is 23.1 Å². The molecule has 0 atom stereocenters. The van der Waals surface area contributed by atoms with Crippen molar-refractivity contribution in [1.29, 1.82) is 0 Å². The Kier molecular flexibility index (Phi) is 5.07. The summed E-state index contributed by atoms with van der Waals surface area (Å²) in [6.45, 7) is 2.53. The third-order valence-corrected chi connectivity index (χ3v) is 5.73. The number of aromatic nitrogens is 1. The Morgan fingerprint density at radius 3 is 2.69 bits per heavy atom. The van der Waals surface area contributed by atoms with E-state index in [4.69, 9.17) is 0 Å². The first-order chi connectivity index (χ1) is 13.9. The number of hydrogen-bond acceptors (Lipinski definition) is 3. The summed E-state index contributed by atoms with van der Waals surface area (Å²) in [5, 5.41) is 15.3. The van der Waals surface area contributed by atoms with Crippen molar-refractivity contribution in [2.24, 2.45) is 0 Å². The third-order valence-electron chi connectivity index (χ3n) is 4.87. The Bertz CT molecular complexity index is 1200. The van der Waals surface area contributed by atoms with Crippen LogP contribution in [-0.2, 0) is 13.1 Å². The summed E-state index contributed by atoms with van der Waals surface area (Å²) in [6.07, 6.45) is 0. The molecule has 0 saturated heterocycles. The quantitative estimate of drug-likeness (QED) is 0.486. The fraction of sp³-hybridized carbons (Fsp3) is 0.136. The van der Waals surface area contributed by atoms with Crippen LogP contribution in [0.4, 0.5) is 8.78 Å². The highest BCUT2D eigenvalue weighted by Crippen LogP contribution is 2.30. The summed E-state index contributed by atoms with van der Waals surface area (Å²) in [6, 6.07) is 12.5. The average Bonchev–Trinajstić information content (AvgIpc) is 3.29. The number of carbonyl (C=O) groups excluding carboxylic acids is 1. The van der Waals surface area contributed by atoms with Crippen molar-refractivity contribution < 1.29 is 18.7 Å². The number of hydrogen-bond donors (Lipinski definition) is 2. The molecule has 4 rings (SSSR count). The maximum absolute atomic E-state index is 13.4. The molecule has 2 aromatic heterocycles. The van der Waals surface area contributed by atoms with E-state index in [2.05, 4.69) is 5.32 Å². The lowest BCUT2D eigenvalue weighted by atomic mass is 10.1. The van der Waals surface area contributed by atoms with E-state index < -0.39 is 11.6 Å². The lowest BCUT2D eigenvalue weighted by molar-refractivity contribution is 0.0951. The summed E-state index contributed by atoms with van der Waals surface area (Å²) in [7, 11) is 0. The molecular weight excluding hydrogens is 394 g/mol. The monoisotopic (exact) mass is 412 g/mol. The van der Waals surface area contributed by atoms with E-state index in [0.717, 1.165) is 28.2 Å². The fourth-order valence-electron chi connectivity index (χ4n) is 3.44. The van der Waals surface area contributed by atoms with E-state index in [1.807, 2.05) is 29.0 Å². The molecule has 4 aromatic rings.